The minimum absolute atomic E-state index is 0.258. The Balaban J connectivity index is 1.96. The quantitative estimate of drug-likeness (QED) is 0.877. The summed E-state index contributed by atoms with van der Waals surface area (Å²) in [5.74, 6) is 0. The number of fused-ring (bicyclic) bond motifs is 1. The molecule has 19 heavy (non-hydrogen) atoms. The van der Waals surface area contributed by atoms with Crippen LogP contribution in [0.25, 0.3) is 0 Å². The van der Waals surface area contributed by atoms with Gasteiger partial charge < -0.3 is 5.32 Å². The lowest BCUT2D eigenvalue weighted by Gasteiger charge is -2.16. The van der Waals surface area contributed by atoms with Crippen molar-refractivity contribution < 1.29 is 0 Å². The molecule has 0 bridgehead atoms. The Labute approximate surface area is 123 Å². The van der Waals surface area contributed by atoms with Gasteiger partial charge in [-0.1, -0.05) is 23.7 Å². The molecule has 1 aromatic carbocycles. The van der Waals surface area contributed by atoms with Gasteiger partial charge in [-0.3, -0.25) is 0 Å². The van der Waals surface area contributed by atoms with E-state index < -0.39 is 0 Å². The summed E-state index contributed by atoms with van der Waals surface area (Å²) in [6.45, 7) is 2.04. The molecule has 0 radical (unpaired) electrons. The van der Waals surface area contributed by atoms with Crippen molar-refractivity contribution in [3.8, 4) is 0 Å². The van der Waals surface area contributed by atoms with Crippen LogP contribution in [0.4, 0.5) is 0 Å². The summed E-state index contributed by atoms with van der Waals surface area (Å²) in [5.41, 5.74) is 3.94. The highest BCUT2D eigenvalue weighted by molar-refractivity contribution is 7.12. The maximum atomic E-state index is 6.25. The standard InChI is InChI=1S/C16H18ClNS/c1-10-6-7-12(8-13(10)17)16(18-2)15-9-11-4-3-5-14(11)19-15/h6-9,16,18H,3-5H2,1-2H3. The summed E-state index contributed by atoms with van der Waals surface area (Å²) in [5, 5.41) is 4.27. The minimum atomic E-state index is 0.258. The fraction of sp³-hybridized carbons (Fsp3) is 0.375. The molecule has 0 saturated carbocycles. The molecular weight excluding hydrogens is 274 g/mol. The highest BCUT2D eigenvalue weighted by Gasteiger charge is 2.20. The molecule has 3 heteroatoms. The van der Waals surface area contributed by atoms with Crippen LogP contribution in [0.15, 0.2) is 24.3 Å². The number of nitrogens with one attached hydrogen (secondary N) is 1. The average Bonchev–Trinajstić information content (AvgIpc) is 2.95. The zero-order valence-corrected chi connectivity index (χ0v) is 12.9. The van der Waals surface area contributed by atoms with Crippen molar-refractivity contribution in [1.29, 1.82) is 0 Å². The Morgan fingerprint density at radius 3 is 2.79 bits per heavy atom. The molecule has 0 fully saturated rings. The van der Waals surface area contributed by atoms with Gasteiger partial charge in [0.05, 0.1) is 6.04 Å². The van der Waals surface area contributed by atoms with Crippen LogP contribution in [0, 0.1) is 6.92 Å². The van der Waals surface area contributed by atoms with Crippen molar-refractivity contribution in [2.75, 3.05) is 7.05 Å². The molecule has 1 aromatic heterocycles. The number of thiophene rings is 1. The van der Waals surface area contributed by atoms with Crippen LogP contribution in [-0.4, -0.2) is 7.05 Å². The van der Waals surface area contributed by atoms with Crippen molar-refractivity contribution >= 4 is 22.9 Å². The summed E-state index contributed by atoms with van der Waals surface area (Å²) in [7, 11) is 2.02. The molecule has 1 N–H and O–H groups in total. The fourth-order valence-corrected chi connectivity index (χ4v) is 4.34. The summed E-state index contributed by atoms with van der Waals surface area (Å²) < 4.78 is 0. The van der Waals surface area contributed by atoms with Gasteiger partial charge in [0.15, 0.2) is 0 Å². The summed E-state index contributed by atoms with van der Waals surface area (Å²) in [6, 6.07) is 9.00. The predicted molar refractivity (Wildman–Crippen MR) is 83.4 cm³/mol. The SMILES string of the molecule is CNC(c1ccc(C)c(Cl)c1)c1cc2c(s1)CCC2. The van der Waals surface area contributed by atoms with E-state index in [0.717, 1.165) is 10.6 Å². The largest absolute Gasteiger partial charge is 0.309 e. The topological polar surface area (TPSA) is 12.0 Å². The van der Waals surface area contributed by atoms with Gasteiger partial charge >= 0.3 is 0 Å². The Hall–Kier alpha value is -0.830. The smallest absolute Gasteiger partial charge is 0.0669 e. The first kappa shape index (κ1) is 13.2. The monoisotopic (exact) mass is 291 g/mol. The average molecular weight is 292 g/mol. The van der Waals surface area contributed by atoms with Gasteiger partial charge in [-0.15, -0.1) is 11.3 Å². The Kier molecular flexibility index (Phi) is 3.66. The molecule has 0 saturated heterocycles. The lowest BCUT2D eigenvalue weighted by atomic mass is 10.0. The van der Waals surface area contributed by atoms with Crippen LogP contribution in [0.3, 0.4) is 0 Å². The van der Waals surface area contributed by atoms with E-state index in [1.54, 1.807) is 10.4 Å². The zero-order valence-electron chi connectivity index (χ0n) is 11.3. The van der Waals surface area contributed by atoms with Crippen LogP contribution >= 0.6 is 22.9 Å². The lowest BCUT2D eigenvalue weighted by Crippen LogP contribution is -2.16. The number of benzene rings is 1. The van der Waals surface area contributed by atoms with Gasteiger partial charge in [0.25, 0.3) is 0 Å². The maximum absolute atomic E-state index is 6.25. The Morgan fingerprint density at radius 2 is 2.11 bits per heavy atom. The molecule has 100 valence electrons. The summed E-state index contributed by atoms with van der Waals surface area (Å²) >= 11 is 8.21. The molecule has 3 rings (SSSR count). The molecule has 1 aliphatic carbocycles. The third-order valence-corrected chi connectivity index (χ3v) is 5.58. The van der Waals surface area contributed by atoms with E-state index >= 15 is 0 Å². The van der Waals surface area contributed by atoms with Crippen LogP contribution < -0.4 is 5.32 Å². The number of rotatable bonds is 3. The minimum Gasteiger partial charge on any atom is -0.309 e. The third-order valence-electron chi connectivity index (χ3n) is 3.87. The first-order chi connectivity index (χ1) is 9.19. The molecule has 1 unspecified atom stereocenters. The van der Waals surface area contributed by atoms with Crippen molar-refractivity contribution in [1.82, 2.24) is 5.32 Å². The second-order valence-electron chi connectivity index (χ2n) is 5.18. The van der Waals surface area contributed by atoms with Crippen LogP contribution in [0.1, 0.15) is 38.9 Å². The fourth-order valence-electron chi connectivity index (χ4n) is 2.76. The van der Waals surface area contributed by atoms with E-state index in [4.69, 9.17) is 11.6 Å². The molecule has 1 aliphatic rings. The zero-order chi connectivity index (χ0) is 13.4. The molecule has 2 aromatic rings. The Morgan fingerprint density at radius 1 is 1.26 bits per heavy atom. The van der Waals surface area contributed by atoms with E-state index in [1.165, 1.54) is 29.7 Å². The van der Waals surface area contributed by atoms with E-state index in [0.29, 0.717) is 0 Å². The van der Waals surface area contributed by atoms with Crippen molar-refractivity contribution in [2.45, 2.75) is 32.2 Å². The Bertz CT molecular complexity index is 581. The molecule has 0 aliphatic heterocycles. The normalized spacial score (nSPS) is 15.5. The van der Waals surface area contributed by atoms with Gasteiger partial charge in [-0.25, -0.2) is 0 Å². The molecule has 1 atom stereocenters. The summed E-state index contributed by atoms with van der Waals surface area (Å²) in [4.78, 5) is 2.99. The van der Waals surface area contributed by atoms with Gasteiger partial charge in [0, 0.05) is 14.8 Å². The van der Waals surface area contributed by atoms with Gasteiger partial charge in [-0.2, -0.15) is 0 Å². The first-order valence-corrected chi connectivity index (χ1v) is 7.93. The number of halogens is 1. The van der Waals surface area contributed by atoms with Gasteiger partial charge in [-0.05, 0) is 62.1 Å². The number of hydrogen-bond donors (Lipinski definition) is 1. The third kappa shape index (κ3) is 2.45. The van der Waals surface area contributed by atoms with Gasteiger partial charge in [0.1, 0.15) is 0 Å². The second kappa shape index (κ2) is 5.28. The van der Waals surface area contributed by atoms with E-state index in [9.17, 15) is 0 Å². The second-order valence-corrected chi connectivity index (χ2v) is 6.76. The number of aryl methyl sites for hydroxylation is 3. The predicted octanol–water partition coefficient (Wildman–Crippen LogP) is 4.51. The molecule has 1 heterocycles. The highest BCUT2D eigenvalue weighted by Crippen LogP contribution is 2.36. The van der Waals surface area contributed by atoms with Gasteiger partial charge in [0.2, 0.25) is 0 Å². The van der Waals surface area contributed by atoms with E-state index in [2.05, 4.69) is 29.6 Å². The molecule has 1 nitrogen and oxygen atoms in total. The molecule has 0 amide bonds. The van der Waals surface area contributed by atoms with E-state index in [1.807, 2.05) is 25.3 Å². The van der Waals surface area contributed by atoms with Crippen LogP contribution in [0.5, 0.6) is 0 Å². The van der Waals surface area contributed by atoms with Crippen molar-refractivity contribution in [2.24, 2.45) is 0 Å². The van der Waals surface area contributed by atoms with Crippen molar-refractivity contribution in [3.05, 3.63) is 55.7 Å². The van der Waals surface area contributed by atoms with E-state index in [-0.39, 0.29) is 6.04 Å². The lowest BCUT2D eigenvalue weighted by molar-refractivity contribution is 0.703. The van der Waals surface area contributed by atoms with Crippen LogP contribution in [-0.2, 0) is 12.8 Å². The molecule has 0 spiro atoms. The number of hydrogen-bond acceptors (Lipinski definition) is 2. The molecular formula is C16H18ClNS. The van der Waals surface area contributed by atoms with Crippen molar-refractivity contribution in [3.63, 3.8) is 0 Å². The highest BCUT2D eigenvalue weighted by atomic mass is 35.5. The summed E-state index contributed by atoms with van der Waals surface area (Å²) in [6.07, 6.45) is 3.82. The first-order valence-electron chi connectivity index (χ1n) is 6.74. The van der Waals surface area contributed by atoms with Crippen LogP contribution in [0.2, 0.25) is 5.02 Å². The maximum Gasteiger partial charge on any atom is 0.0669 e.